The van der Waals surface area contributed by atoms with Crippen LogP contribution < -0.4 is 0 Å². The summed E-state index contributed by atoms with van der Waals surface area (Å²) in [6, 6.07) is 14.9. The number of cyclic esters (lactones) is 1. The SMILES string of the molecule is O=C1OCCN1Cc1nc([C@H](O)c2ccccc2)nn1-c1cccc(F)c1. The highest BCUT2D eigenvalue weighted by Gasteiger charge is 2.26. The van der Waals surface area contributed by atoms with Crippen molar-refractivity contribution < 1.29 is 19.0 Å². The highest BCUT2D eigenvalue weighted by molar-refractivity contribution is 5.69. The number of nitrogens with zero attached hydrogens (tertiary/aromatic N) is 4. The molecule has 2 aromatic carbocycles. The van der Waals surface area contributed by atoms with Crippen molar-refractivity contribution in [2.75, 3.05) is 13.2 Å². The molecule has 4 rings (SSSR count). The van der Waals surface area contributed by atoms with Gasteiger partial charge in [0, 0.05) is 0 Å². The minimum atomic E-state index is -1.04. The van der Waals surface area contributed by atoms with E-state index in [1.165, 1.54) is 21.7 Å². The number of hydrogen-bond acceptors (Lipinski definition) is 5. The van der Waals surface area contributed by atoms with Crippen molar-refractivity contribution in [2.24, 2.45) is 0 Å². The first-order valence-corrected chi connectivity index (χ1v) is 8.48. The summed E-state index contributed by atoms with van der Waals surface area (Å²) in [6.07, 6.45) is -1.47. The van der Waals surface area contributed by atoms with E-state index in [0.29, 0.717) is 30.2 Å². The molecule has 1 aromatic heterocycles. The molecule has 7 nitrogen and oxygen atoms in total. The van der Waals surface area contributed by atoms with Gasteiger partial charge in [-0.1, -0.05) is 36.4 Å². The number of aromatic nitrogens is 3. The Morgan fingerprint density at radius 2 is 2.00 bits per heavy atom. The maximum atomic E-state index is 13.7. The van der Waals surface area contributed by atoms with Crippen LogP contribution in [0.15, 0.2) is 54.6 Å². The lowest BCUT2D eigenvalue weighted by atomic mass is 10.1. The molecule has 1 fully saturated rings. The van der Waals surface area contributed by atoms with E-state index < -0.39 is 18.0 Å². The van der Waals surface area contributed by atoms with Gasteiger partial charge in [-0.25, -0.2) is 18.9 Å². The molecule has 1 aliphatic heterocycles. The molecule has 8 heteroatoms. The Morgan fingerprint density at radius 3 is 2.70 bits per heavy atom. The summed E-state index contributed by atoms with van der Waals surface area (Å²) in [4.78, 5) is 17.7. The van der Waals surface area contributed by atoms with Gasteiger partial charge >= 0.3 is 6.09 Å². The van der Waals surface area contributed by atoms with Crippen LogP contribution >= 0.6 is 0 Å². The van der Waals surface area contributed by atoms with Crippen molar-refractivity contribution in [1.29, 1.82) is 0 Å². The second-order valence-corrected chi connectivity index (χ2v) is 6.13. The Kier molecular flexibility index (Phi) is 4.55. The normalized spacial score (nSPS) is 15.0. The van der Waals surface area contributed by atoms with E-state index in [0.717, 1.165) is 0 Å². The smallest absolute Gasteiger partial charge is 0.410 e. The monoisotopic (exact) mass is 368 g/mol. The van der Waals surface area contributed by atoms with Crippen molar-refractivity contribution in [3.8, 4) is 5.69 Å². The minimum absolute atomic E-state index is 0.143. The van der Waals surface area contributed by atoms with Gasteiger partial charge in [-0.2, -0.15) is 0 Å². The molecule has 0 saturated carbocycles. The van der Waals surface area contributed by atoms with Crippen molar-refractivity contribution in [1.82, 2.24) is 19.7 Å². The average Bonchev–Trinajstić information content (AvgIpc) is 3.29. The summed E-state index contributed by atoms with van der Waals surface area (Å²) >= 11 is 0. The average molecular weight is 368 g/mol. The second-order valence-electron chi connectivity index (χ2n) is 6.13. The summed E-state index contributed by atoms with van der Waals surface area (Å²) in [5.74, 6) is 0.164. The summed E-state index contributed by atoms with van der Waals surface area (Å²) in [5, 5.41) is 15.0. The van der Waals surface area contributed by atoms with E-state index >= 15 is 0 Å². The minimum Gasteiger partial charge on any atom is -0.448 e. The summed E-state index contributed by atoms with van der Waals surface area (Å²) < 4.78 is 20.1. The number of halogens is 1. The van der Waals surface area contributed by atoms with Gasteiger partial charge in [-0.15, -0.1) is 5.10 Å². The van der Waals surface area contributed by atoms with Crippen LogP contribution in [0.5, 0.6) is 0 Å². The number of carbonyl (C=O) groups excluding carboxylic acids is 1. The number of hydrogen-bond donors (Lipinski definition) is 1. The third-order valence-corrected chi connectivity index (χ3v) is 4.28. The summed E-state index contributed by atoms with van der Waals surface area (Å²) in [7, 11) is 0. The first-order valence-electron chi connectivity index (χ1n) is 8.48. The topological polar surface area (TPSA) is 80.5 Å². The third kappa shape index (κ3) is 3.52. The molecule has 0 radical (unpaired) electrons. The first-order chi connectivity index (χ1) is 13.1. The molecular formula is C19H17FN4O3. The predicted octanol–water partition coefficient (Wildman–Crippen LogP) is 2.44. The van der Waals surface area contributed by atoms with E-state index in [9.17, 15) is 14.3 Å². The van der Waals surface area contributed by atoms with E-state index in [2.05, 4.69) is 10.1 Å². The van der Waals surface area contributed by atoms with Gasteiger partial charge in [0.2, 0.25) is 0 Å². The van der Waals surface area contributed by atoms with Gasteiger partial charge in [-0.3, -0.25) is 4.90 Å². The van der Waals surface area contributed by atoms with Gasteiger partial charge in [0.05, 0.1) is 18.8 Å². The number of aliphatic hydroxyl groups excluding tert-OH is 1. The summed E-state index contributed by atoms with van der Waals surface area (Å²) in [5.41, 5.74) is 1.10. The zero-order valence-corrected chi connectivity index (χ0v) is 14.3. The fourth-order valence-electron chi connectivity index (χ4n) is 2.92. The molecule has 0 bridgehead atoms. The number of aliphatic hydroxyl groups is 1. The van der Waals surface area contributed by atoms with Crippen LogP contribution in [0.2, 0.25) is 0 Å². The molecule has 1 atom stereocenters. The van der Waals surface area contributed by atoms with Crippen LogP contribution in [0.4, 0.5) is 9.18 Å². The molecule has 1 saturated heterocycles. The lowest BCUT2D eigenvalue weighted by molar-refractivity contribution is 0.156. The van der Waals surface area contributed by atoms with Crippen LogP contribution in [0.25, 0.3) is 5.69 Å². The zero-order valence-electron chi connectivity index (χ0n) is 14.3. The number of carbonyl (C=O) groups is 1. The molecule has 0 unspecified atom stereocenters. The Balaban J connectivity index is 1.73. The van der Waals surface area contributed by atoms with Gasteiger partial charge in [0.1, 0.15) is 18.5 Å². The van der Waals surface area contributed by atoms with Crippen molar-refractivity contribution in [3.05, 3.63) is 77.6 Å². The first kappa shape index (κ1) is 17.2. The molecule has 0 spiro atoms. The van der Waals surface area contributed by atoms with E-state index in [1.807, 2.05) is 18.2 Å². The van der Waals surface area contributed by atoms with Crippen molar-refractivity contribution in [3.63, 3.8) is 0 Å². The Labute approximate surface area is 154 Å². The molecule has 0 aliphatic carbocycles. The van der Waals surface area contributed by atoms with Gasteiger partial charge in [-0.05, 0) is 23.8 Å². The zero-order chi connectivity index (χ0) is 18.8. The molecule has 27 heavy (non-hydrogen) atoms. The van der Waals surface area contributed by atoms with Gasteiger partial charge < -0.3 is 9.84 Å². The lowest BCUT2D eigenvalue weighted by Gasteiger charge is -2.12. The Morgan fingerprint density at radius 1 is 1.19 bits per heavy atom. The highest BCUT2D eigenvalue weighted by atomic mass is 19.1. The molecule has 3 aromatic rings. The fourth-order valence-corrected chi connectivity index (χ4v) is 2.92. The molecule has 1 aliphatic rings. The van der Waals surface area contributed by atoms with Crippen LogP contribution in [0.3, 0.4) is 0 Å². The van der Waals surface area contributed by atoms with Crippen molar-refractivity contribution >= 4 is 6.09 Å². The maximum absolute atomic E-state index is 13.7. The van der Waals surface area contributed by atoms with Crippen LogP contribution in [0, 0.1) is 5.82 Å². The molecule has 138 valence electrons. The standard InChI is InChI=1S/C19H17FN4O3/c20-14-7-4-8-15(11-14)24-16(12-23-9-10-27-19(23)26)21-18(22-24)17(25)13-5-2-1-3-6-13/h1-8,11,17,25H,9-10,12H2/t17-/m1/s1. The van der Waals surface area contributed by atoms with E-state index in [-0.39, 0.29) is 12.4 Å². The van der Waals surface area contributed by atoms with E-state index in [1.54, 1.807) is 24.3 Å². The second kappa shape index (κ2) is 7.16. The quantitative estimate of drug-likeness (QED) is 0.748. The Hall–Kier alpha value is -3.26. The number of ether oxygens (including phenoxy) is 1. The molecule has 1 amide bonds. The maximum Gasteiger partial charge on any atom is 0.410 e. The number of amides is 1. The lowest BCUT2D eigenvalue weighted by Crippen LogP contribution is -2.25. The fraction of sp³-hybridized carbons (Fsp3) is 0.211. The molecule has 1 N–H and O–H groups in total. The molecular weight excluding hydrogens is 351 g/mol. The van der Waals surface area contributed by atoms with Crippen LogP contribution in [-0.4, -0.2) is 44.0 Å². The van der Waals surface area contributed by atoms with Crippen molar-refractivity contribution in [2.45, 2.75) is 12.6 Å². The molecule has 2 heterocycles. The number of rotatable bonds is 5. The van der Waals surface area contributed by atoms with E-state index in [4.69, 9.17) is 4.74 Å². The highest BCUT2D eigenvalue weighted by Crippen LogP contribution is 2.22. The van der Waals surface area contributed by atoms with Gasteiger partial charge in [0.15, 0.2) is 11.6 Å². The third-order valence-electron chi connectivity index (χ3n) is 4.28. The summed E-state index contributed by atoms with van der Waals surface area (Å²) in [6.45, 7) is 0.891. The Bertz CT molecular complexity index is 961. The van der Waals surface area contributed by atoms with Gasteiger partial charge in [0.25, 0.3) is 0 Å². The predicted molar refractivity (Wildman–Crippen MR) is 93.6 cm³/mol. The van der Waals surface area contributed by atoms with Crippen LogP contribution in [-0.2, 0) is 11.3 Å². The number of benzene rings is 2. The van der Waals surface area contributed by atoms with Crippen LogP contribution in [0.1, 0.15) is 23.3 Å². The largest absolute Gasteiger partial charge is 0.448 e.